The molecule has 1 saturated carbocycles. The summed E-state index contributed by atoms with van der Waals surface area (Å²) in [6, 6.07) is 0. The highest BCUT2D eigenvalue weighted by atomic mass is 127. The summed E-state index contributed by atoms with van der Waals surface area (Å²) in [7, 11) is 3.97. The van der Waals surface area contributed by atoms with Crippen LogP contribution in [-0.2, 0) is 18.3 Å². The van der Waals surface area contributed by atoms with E-state index in [9.17, 15) is 0 Å². The number of nitrogens with one attached hydrogen (secondary N) is 1. The molecule has 0 bridgehead atoms. The molecule has 126 valence electrons. The lowest BCUT2D eigenvalue weighted by Crippen LogP contribution is -2.38. The van der Waals surface area contributed by atoms with E-state index in [1.807, 2.05) is 31.2 Å². The second-order valence-corrected chi connectivity index (χ2v) is 5.63. The predicted octanol–water partition coefficient (Wildman–Crippen LogP) is 1.86. The second-order valence-electron chi connectivity index (χ2n) is 5.63. The Morgan fingerprint density at radius 3 is 2.91 bits per heavy atom. The van der Waals surface area contributed by atoms with Crippen LogP contribution in [0.2, 0.25) is 0 Å². The molecule has 0 amide bonds. The Hall–Kier alpha value is -0.830. The van der Waals surface area contributed by atoms with Gasteiger partial charge < -0.3 is 15.0 Å². The number of hydrogen-bond acceptors (Lipinski definition) is 3. The van der Waals surface area contributed by atoms with E-state index in [0.29, 0.717) is 13.2 Å². The van der Waals surface area contributed by atoms with Gasteiger partial charge >= 0.3 is 0 Å². The van der Waals surface area contributed by atoms with E-state index in [2.05, 4.69) is 27.2 Å². The van der Waals surface area contributed by atoms with Gasteiger partial charge in [-0.3, -0.25) is 9.67 Å². The minimum absolute atomic E-state index is 0. The standard InChI is InChI=1S/C15H27N5O.HI/c1-4-16-15(17-7-8-21-12-13-5-6-13)19(2)10-14-9-18-20(3)11-14;/h9,11,13H,4-8,10,12H2,1-3H3,(H,16,17);1H. The SMILES string of the molecule is CCNC(=NCCOCC1CC1)N(C)Cc1cnn(C)c1.I. The summed E-state index contributed by atoms with van der Waals surface area (Å²) >= 11 is 0. The first kappa shape index (κ1) is 19.2. The van der Waals surface area contributed by atoms with Crippen LogP contribution in [0.1, 0.15) is 25.3 Å². The van der Waals surface area contributed by atoms with Gasteiger partial charge in [0.2, 0.25) is 0 Å². The van der Waals surface area contributed by atoms with E-state index in [1.54, 1.807) is 0 Å². The Labute approximate surface area is 150 Å². The second kappa shape index (κ2) is 10.0. The lowest BCUT2D eigenvalue weighted by atomic mass is 10.3. The number of hydrogen-bond donors (Lipinski definition) is 1. The molecule has 6 nitrogen and oxygen atoms in total. The molecule has 22 heavy (non-hydrogen) atoms. The third-order valence-electron chi connectivity index (χ3n) is 3.42. The molecular formula is C15H28IN5O. The van der Waals surface area contributed by atoms with Gasteiger partial charge in [0.15, 0.2) is 5.96 Å². The zero-order valence-electron chi connectivity index (χ0n) is 13.8. The smallest absolute Gasteiger partial charge is 0.194 e. The number of aliphatic imine (C=N–C) groups is 1. The molecule has 0 saturated heterocycles. The van der Waals surface area contributed by atoms with E-state index >= 15 is 0 Å². The van der Waals surface area contributed by atoms with E-state index in [0.717, 1.165) is 31.6 Å². The molecule has 0 spiro atoms. The van der Waals surface area contributed by atoms with Crippen LogP contribution in [-0.4, -0.2) is 54.0 Å². The number of halogens is 1. The largest absolute Gasteiger partial charge is 0.379 e. The summed E-state index contributed by atoms with van der Waals surface area (Å²) < 4.78 is 7.44. The fourth-order valence-corrected chi connectivity index (χ4v) is 2.12. The first-order valence-corrected chi connectivity index (χ1v) is 7.73. The van der Waals surface area contributed by atoms with Crippen molar-refractivity contribution in [3.8, 4) is 0 Å². The van der Waals surface area contributed by atoms with E-state index in [1.165, 1.54) is 18.4 Å². The maximum Gasteiger partial charge on any atom is 0.194 e. The maximum absolute atomic E-state index is 5.62. The Morgan fingerprint density at radius 2 is 2.32 bits per heavy atom. The quantitative estimate of drug-likeness (QED) is 0.301. The van der Waals surface area contributed by atoms with Gasteiger partial charge in [0.05, 0.1) is 19.3 Å². The molecule has 2 rings (SSSR count). The number of aryl methyl sites for hydroxylation is 1. The molecule has 7 heteroatoms. The molecule has 0 atom stereocenters. The molecular weight excluding hydrogens is 393 g/mol. The Morgan fingerprint density at radius 1 is 1.55 bits per heavy atom. The van der Waals surface area contributed by atoms with Gasteiger partial charge in [0.25, 0.3) is 0 Å². The summed E-state index contributed by atoms with van der Waals surface area (Å²) in [6.45, 7) is 6.04. The topological polar surface area (TPSA) is 54.7 Å². The monoisotopic (exact) mass is 421 g/mol. The van der Waals surface area contributed by atoms with E-state index in [-0.39, 0.29) is 24.0 Å². The lowest BCUT2D eigenvalue weighted by Gasteiger charge is -2.21. The summed E-state index contributed by atoms with van der Waals surface area (Å²) in [4.78, 5) is 6.73. The van der Waals surface area contributed by atoms with Crippen LogP contribution < -0.4 is 5.32 Å². The minimum atomic E-state index is 0. The predicted molar refractivity (Wildman–Crippen MR) is 99.6 cm³/mol. The van der Waals surface area contributed by atoms with Crippen molar-refractivity contribution in [2.45, 2.75) is 26.3 Å². The molecule has 1 aliphatic carbocycles. The fraction of sp³-hybridized carbons (Fsp3) is 0.733. The maximum atomic E-state index is 5.62. The van der Waals surface area contributed by atoms with Crippen LogP contribution in [0.15, 0.2) is 17.4 Å². The lowest BCUT2D eigenvalue weighted by molar-refractivity contribution is 0.131. The average molecular weight is 421 g/mol. The Kier molecular flexibility index (Phi) is 8.77. The number of guanidine groups is 1. The van der Waals surface area contributed by atoms with Crippen LogP contribution in [0.5, 0.6) is 0 Å². The van der Waals surface area contributed by atoms with Crippen molar-refractivity contribution in [2.75, 3.05) is 33.4 Å². The molecule has 1 aromatic rings. The zero-order valence-corrected chi connectivity index (χ0v) is 16.1. The van der Waals surface area contributed by atoms with Crippen molar-refractivity contribution in [1.29, 1.82) is 0 Å². The molecule has 1 N–H and O–H groups in total. The van der Waals surface area contributed by atoms with Gasteiger partial charge in [0.1, 0.15) is 0 Å². The fourth-order valence-electron chi connectivity index (χ4n) is 2.12. The van der Waals surface area contributed by atoms with Gasteiger partial charge in [-0.2, -0.15) is 5.10 Å². The summed E-state index contributed by atoms with van der Waals surface area (Å²) in [5, 5.41) is 7.51. The minimum Gasteiger partial charge on any atom is -0.379 e. The third kappa shape index (κ3) is 6.95. The number of nitrogens with zero attached hydrogens (tertiary/aromatic N) is 4. The van der Waals surface area contributed by atoms with Gasteiger partial charge in [-0.15, -0.1) is 24.0 Å². The third-order valence-corrected chi connectivity index (χ3v) is 3.42. The Balaban J connectivity index is 0.00000242. The van der Waals surface area contributed by atoms with Gasteiger partial charge in [-0.25, -0.2) is 0 Å². The zero-order chi connectivity index (χ0) is 15.1. The first-order valence-electron chi connectivity index (χ1n) is 7.73. The van der Waals surface area contributed by atoms with E-state index in [4.69, 9.17) is 4.74 Å². The van der Waals surface area contributed by atoms with Crippen molar-refractivity contribution in [1.82, 2.24) is 20.0 Å². The highest BCUT2D eigenvalue weighted by molar-refractivity contribution is 14.0. The van der Waals surface area contributed by atoms with Crippen LogP contribution in [0, 0.1) is 5.92 Å². The van der Waals surface area contributed by atoms with Crippen LogP contribution >= 0.6 is 24.0 Å². The van der Waals surface area contributed by atoms with Crippen molar-refractivity contribution in [3.63, 3.8) is 0 Å². The summed E-state index contributed by atoms with van der Waals surface area (Å²) in [5.74, 6) is 1.73. The molecule has 1 aliphatic rings. The van der Waals surface area contributed by atoms with Gasteiger partial charge in [-0.1, -0.05) is 0 Å². The van der Waals surface area contributed by atoms with Crippen molar-refractivity contribution >= 4 is 29.9 Å². The molecule has 0 aliphatic heterocycles. The van der Waals surface area contributed by atoms with Crippen LogP contribution in [0.3, 0.4) is 0 Å². The van der Waals surface area contributed by atoms with Crippen molar-refractivity contribution in [3.05, 3.63) is 18.0 Å². The van der Waals surface area contributed by atoms with Crippen molar-refractivity contribution < 1.29 is 4.74 Å². The average Bonchev–Trinajstić information content (AvgIpc) is 3.19. The molecule has 1 aromatic heterocycles. The Bertz CT molecular complexity index is 459. The van der Waals surface area contributed by atoms with Gasteiger partial charge in [-0.05, 0) is 25.7 Å². The van der Waals surface area contributed by atoms with Crippen LogP contribution in [0.25, 0.3) is 0 Å². The van der Waals surface area contributed by atoms with Gasteiger partial charge in [0, 0.05) is 45.6 Å². The number of aromatic nitrogens is 2. The summed E-state index contributed by atoms with van der Waals surface area (Å²) in [5.41, 5.74) is 1.18. The first-order chi connectivity index (χ1) is 10.2. The highest BCUT2D eigenvalue weighted by Crippen LogP contribution is 2.28. The number of rotatable bonds is 8. The molecule has 0 unspecified atom stereocenters. The highest BCUT2D eigenvalue weighted by Gasteiger charge is 2.20. The molecule has 1 heterocycles. The number of ether oxygens (including phenoxy) is 1. The molecule has 0 aromatic carbocycles. The summed E-state index contributed by atoms with van der Waals surface area (Å²) in [6.07, 6.45) is 6.58. The normalized spacial score (nSPS) is 14.6. The molecule has 0 radical (unpaired) electrons. The van der Waals surface area contributed by atoms with Crippen molar-refractivity contribution in [2.24, 2.45) is 18.0 Å². The van der Waals surface area contributed by atoms with E-state index < -0.39 is 0 Å². The molecule has 1 fully saturated rings. The van der Waals surface area contributed by atoms with Crippen LogP contribution in [0.4, 0.5) is 0 Å².